The number of hydrogen-bond acceptors (Lipinski definition) is 5. The molecule has 0 heterocycles. The molecule has 0 aliphatic rings. The average molecular weight is 274 g/mol. The zero-order chi connectivity index (χ0) is 13.8. The van der Waals surface area contributed by atoms with Crippen molar-refractivity contribution in [1.29, 1.82) is 0 Å². The molecular formula is C13H22O4S. The van der Waals surface area contributed by atoms with Gasteiger partial charge in [0, 0.05) is 11.3 Å². The fourth-order valence-corrected chi connectivity index (χ4v) is 2.00. The Hall–Kier alpha value is -0.970. The van der Waals surface area contributed by atoms with Gasteiger partial charge in [-0.15, -0.1) is 0 Å². The minimum atomic E-state index is -0.457. The average Bonchev–Trinajstić information content (AvgIpc) is 2.34. The van der Waals surface area contributed by atoms with Crippen LogP contribution in [0.1, 0.15) is 33.1 Å². The molecule has 18 heavy (non-hydrogen) atoms. The Balaban J connectivity index is 3.37. The monoisotopic (exact) mass is 274 g/mol. The number of hydrogen-bond donors (Lipinski definition) is 0. The van der Waals surface area contributed by atoms with Gasteiger partial charge in [0.15, 0.2) is 0 Å². The number of carbonyl (C=O) groups excluding carboxylic acids is 2. The molecule has 0 aliphatic heterocycles. The van der Waals surface area contributed by atoms with Gasteiger partial charge in [0.05, 0.1) is 6.42 Å². The lowest BCUT2D eigenvalue weighted by Gasteiger charge is -2.06. The van der Waals surface area contributed by atoms with Gasteiger partial charge in [0.1, 0.15) is 13.2 Å². The van der Waals surface area contributed by atoms with E-state index in [4.69, 9.17) is 9.47 Å². The Morgan fingerprint density at radius 3 is 2.44 bits per heavy atom. The molecule has 0 saturated heterocycles. The van der Waals surface area contributed by atoms with Crippen molar-refractivity contribution in [3.8, 4) is 0 Å². The molecule has 0 radical (unpaired) electrons. The molecule has 0 saturated carbocycles. The summed E-state index contributed by atoms with van der Waals surface area (Å²) in [5.41, 5.74) is 0.341. The lowest BCUT2D eigenvalue weighted by atomic mass is 10.4. The Kier molecular flexibility index (Phi) is 10.5. The van der Waals surface area contributed by atoms with E-state index < -0.39 is 5.97 Å². The van der Waals surface area contributed by atoms with Gasteiger partial charge >= 0.3 is 11.9 Å². The first-order valence-corrected chi connectivity index (χ1v) is 7.29. The lowest BCUT2D eigenvalue weighted by Crippen LogP contribution is -2.14. The molecule has 0 fully saturated rings. The highest BCUT2D eigenvalue weighted by atomic mass is 32.2. The molecule has 0 bridgehead atoms. The highest BCUT2D eigenvalue weighted by molar-refractivity contribution is 7.99. The van der Waals surface area contributed by atoms with E-state index in [9.17, 15) is 9.59 Å². The second-order valence-corrected chi connectivity index (χ2v) is 5.08. The van der Waals surface area contributed by atoms with Gasteiger partial charge in [-0.05, 0) is 19.1 Å². The van der Waals surface area contributed by atoms with Crippen LogP contribution in [0.2, 0.25) is 0 Å². The molecule has 0 N–H and O–H groups in total. The first-order valence-electron chi connectivity index (χ1n) is 6.14. The maximum absolute atomic E-state index is 11.3. The second-order valence-electron chi connectivity index (χ2n) is 3.85. The third-order valence-corrected chi connectivity index (χ3v) is 3.09. The first kappa shape index (κ1) is 17.0. The predicted octanol–water partition coefficient (Wildman–Crippen LogP) is 2.57. The fourth-order valence-electron chi connectivity index (χ4n) is 0.989. The van der Waals surface area contributed by atoms with E-state index in [1.165, 1.54) is 12.8 Å². The van der Waals surface area contributed by atoms with E-state index in [1.807, 2.05) is 0 Å². The zero-order valence-electron chi connectivity index (χ0n) is 11.2. The maximum atomic E-state index is 11.3. The molecule has 0 rings (SSSR count). The molecule has 0 aromatic heterocycles. The van der Waals surface area contributed by atoms with Crippen molar-refractivity contribution in [2.75, 3.05) is 24.7 Å². The SMILES string of the molecule is C=C(C)C(=O)OCCOC(=O)CCSCCCC. The van der Waals surface area contributed by atoms with E-state index in [0.29, 0.717) is 12.0 Å². The number of unbranched alkanes of at least 4 members (excludes halogenated alkanes) is 1. The van der Waals surface area contributed by atoms with Gasteiger partial charge in [0.2, 0.25) is 0 Å². The van der Waals surface area contributed by atoms with Crippen molar-refractivity contribution in [3.05, 3.63) is 12.2 Å². The molecule has 4 nitrogen and oxygen atoms in total. The summed E-state index contributed by atoms with van der Waals surface area (Å²) >= 11 is 1.76. The highest BCUT2D eigenvalue weighted by Crippen LogP contribution is 2.06. The molecule has 0 aromatic rings. The topological polar surface area (TPSA) is 52.6 Å². The van der Waals surface area contributed by atoms with Crippen LogP contribution >= 0.6 is 11.8 Å². The van der Waals surface area contributed by atoms with Crippen LogP contribution in [-0.2, 0) is 19.1 Å². The van der Waals surface area contributed by atoms with Crippen LogP contribution in [0.3, 0.4) is 0 Å². The van der Waals surface area contributed by atoms with Gasteiger partial charge < -0.3 is 9.47 Å². The summed E-state index contributed by atoms with van der Waals surface area (Å²) in [7, 11) is 0. The molecule has 104 valence electrons. The summed E-state index contributed by atoms with van der Waals surface area (Å²) < 4.78 is 9.71. The largest absolute Gasteiger partial charge is 0.462 e. The molecular weight excluding hydrogens is 252 g/mol. The highest BCUT2D eigenvalue weighted by Gasteiger charge is 2.05. The summed E-state index contributed by atoms with van der Waals surface area (Å²) in [5.74, 6) is 1.16. The van der Waals surface area contributed by atoms with E-state index in [1.54, 1.807) is 18.7 Å². The summed E-state index contributed by atoms with van der Waals surface area (Å²) in [6, 6.07) is 0. The van der Waals surface area contributed by atoms with Crippen molar-refractivity contribution < 1.29 is 19.1 Å². The van der Waals surface area contributed by atoms with Crippen molar-refractivity contribution in [1.82, 2.24) is 0 Å². The first-order chi connectivity index (χ1) is 8.57. The van der Waals surface area contributed by atoms with Crippen LogP contribution in [0.15, 0.2) is 12.2 Å². The third-order valence-electron chi connectivity index (χ3n) is 2.02. The lowest BCUT2D eigenvalue weighted by molar-refractivity contribution is -0.149. The smallest absolute Gasteiger partial charge is 0.333 e. The van der Waals surface area contributed by atoms with Crippen LogP contribution in [0.4, 0.5) is 0 Å². The van der Waals surface area contributed by atoms with Crippen LogP contribution in [0.5, 0.6) is 0 Å². The Morgan fingerprint density at radius 2 is 1.83 bits per heavy atom. The van der Waals surface area contributed by atoms with Gasteiger partial charge in [-0.3, -0.25) is 4.79 Å². The van der Waals surface area contributed by atoms with Gasteiger partial charge in [-0.1, -0.05) is 19.9 Å². The normalized spacial score (nSPS) is 9.89. The molecule has 0 spiro atoms. The van der Waals surface area contributed by atoms with Gasteiger partial charge in [-0.25, -0.2) is 4.79 Å². The molecule has 0 aromatic carbocycles. The number of ether oxygens (including phenoxy) is 2. The fraction of sp³-hybridized carbons (Fsp3) is 0.692. The standard InChI is InChI=1S/C13H22O4S/c1-4-5-9-18-10-6-12(14)16-7-8-17-13(15)11(2)3/h2,4-10H2,1,3H3. The second kappa shape index (κ2) is 11.1. The van der Waals surface area contributed by atoms with Crippen LogP contribution in [-0.4, -0.2) is 36.7 Å². The molecule has 0 amide bonds. The van der Waals surface area contributed by atoms with Gasteiger partial charge in [-0.2, -0.15) is 11.8 Å². The Morgan fingerprint density at radius 1 is 1.17 bits per heavy atom. The number of carbonyl (C=O) groups is 2. The molecule has 0 unspecified atom stereocenters. The number of rotatable bonds is 10. The number of thioether (sulfide) groups is 1. The van der Waals surface area contributed by atoms with E-state index in [0.717, 1.165) is 11.5 Å². The Labute approximate surface area is 113 Å². The molecule has 5 heteroatoms. The zero-order valence-corrected chi connectivity index (χ0v) is 12.0. The predicted molar refractivity (Wildman–Crippen MR) is 73.6 cm³/mol. The van der Waals surface area contributed by atoms with E-state index >= 15 is 0 Å². The van der Waals surface area contributed by atoms with Gasteiger partial charge in [0.25, 0.3) is 0 Å². The van der Waals surface area contributed by atoms with Crippen molar-refractivity contribution >= 4 is 23.7 Å². The molecule has 0 aliphatic carbocycles. The quantitative estimate of drug-likeness (QED) is 0.348. The van der Waals surface area contributed by atoms with Crippen LogP contribution in [0, 0.1) is 0 Å². The van der Waals surface area contributed by atoms with Crippen molar-refractivity contribution in [2.45, 2.75) is 33.1 Å². The molecule has 0 atom stereocenters. The van der Waals surface area contributed by atoms with Crippen LogP contribution < -0.4 is 0 Å². The summed E-state index contributed by atoms with van der Waals surface area (Å²) in [6.07, 6.45) is 2.75. The maximum Gasteiger partial charge on any atom is 0.333 e. The summed E-state index contributed by atoms with van der Waals surface area (Å²) in [5, 5.41) is 0. The van der Waals surface area contributed by atoms with E-state index in [2.05, 4.69) is 13.5 Å². The minimum absolute atomic E-state index is 0.0837. The van der Waals surface area contributed by atoms with Crippen molar-refractivity contribution in [3.63, 3.8) is 0 Å². The summed E-state index contributed by atoms with van der Waals surface area (Å²) in [6.45, 7) is 7.35. The number of esters is 2. The van der Waals surface area contributed by atoms with E-state index in [-0.39, 0.29) is 19.2 Å². The minimum Gasteiger partial charge on any atom is -0.462 e. The van der Waals surface area contributed by atoms with Crippen LogP contribution in [0.25, 0.3) is 0 Å². The summed E-state index contributed by atoms with van der Waals surface area (Å²) in [4.78, 5) is 22.3. The third kappa shape index (κ3) is 10.2. The Bertz CT molecular complexity index is 276. The van der Waals surface area contributed by atoms with Crippen molar-refractivity contribution in [2.24, 2.45) is 0 Å².